The van der Waals surface area contributed by atoms with Gasteiger partial charge in [-0.25, -0.2) is 0 Å². The lowest BCUT2D eigenvalue weighted by Crippen LogP contribution is -2.37. The molecule has 0 aliphatic carbocycles. The van der Waals surface area contributed by atoms with Crippen LogP contribution in [0.25, 0.3) is 10.9 Å². The SMILES string of the molecule is C[C@@H]1CN(C(=O)Cn2ccc(=O)c3ccccc32)C[C@@]1(C)C(=O)O. The molecule has 0 radical (unpaired) electrons. The summed E-state index contributed by atoms with van der Waals surface area (Å²) in [6.45, 7) is 4.27. The maximum Gasteiger partial charge on any atom is 0.311 e. The van der Waals surface area contributed by atoms with Gasteiger partial charge in [-0.3, -0.25) is 14.4 Å². The third-order valence-electron chi connectivity index (χ3n) is 5.13. The molecule has 2 heterocycles. The Kier molecular flexibility index (Phi) is 3.91. The first-order chi connectivity index (χ1) is 11.3. The van der Waals surface area contributed by atoms with Crippen molar-refractivity contribution in [1.82, 2.24) is 9.47 Å². The van der Waals surface area contributed by atoms with Crippen LogP contribution in [0.5, 0.6) is 0 Å². The summed E-state index contributed by atoms with van der Waals surface area (Å²) in [5, 5.41) is 9.99. The van der Waals surface area contributed by atoms with Crippen LogP contribution < -0.4 is 5.43 Å². The highest BCUT2D eigenvalue weighted by Gasteiger charge is 2.47. The number of pyridine rings is 1. The quantitative estimate of drug-likeness (QED) is 0.927. The molecule has 1 aromatic carbocycles. The number of aromatic nitrogens is 1. The Labute approximate surface area is 139 Å². The average molecular weight is 328 g/mol. The molecule has 6 nitrogen and oxygen atoms in total. The molecule has 1 amide bonds. The second-order valence-corrected chi connectivity index (χ2v) is 6.72. The fraction of sp³-hybridized carbons (Fsp3) is 0.389. The van der Waals surface area contributed by atoms with Gasteiger partial charge in [0.05, 0.1) is 10.9 Å². The molecule has 1 aliphatic rings. The molecule has 24 heavy (non-hydrogen) atoms. The van der Waals surface area contributed by atoms with Gasteiger partial charge in [0.1, 0.15) is 6.54 Å². The molecule has 6 heteroatoms. The fourth-order valence-corrected chi connectivity index (χ4v) is 3.26. The molecule has 0 bridgehead atoms. The number of carboxylic acid groups (broad SMARTS) is 1. The molecule has 1 N–H and O–H groups in total. The van der Waals surface area contributed by atoms with Gasteiger partial charge < -0.3 is 14.6 Å². The van der Waals surface area contributed by atoms with Gasteiger partial charge in [-0.2, -0.15) is 0 Å². The summed E-state index contributed by atoms with van der Waals surface area (Å²) in [4.78, 5) is 37.6. The number of aliphatic carboxylic acids is 1. The van der Waals surface area contributed by atoms with Crippen molar-refractivity contribution in [3.05, 3.63) is 46.8 Å². The number of hydrogen-bond acceptors (Lipinski definition) is 3. The minimum atomic E-state index is -0.915. The lowest BCUT2D eigenvalue weighted by atomic mass is 9.81. The van der Waals surface area contributed by atoms with Crippen molar-refractivity contribution in [3.8, 4) is 0 Å². The van der Waals surface area contributed by atoms with E-state index >= 15 is 0 Å². The van der Waals surface area contributed by atoms with E-state index in [9.17, 15) is 19.5 Å². The summed E-state index contributed by atoms with van der Waals surface area (Å²) in [5.41, 5.74) is -0.296. The van der Waals surface area contributed by atoms with Gasteiger partial charge in [0.15, 0.2) is 5.43 Å². The average Bonchev–Trinajstić information content (AvgIpc) is 2.87. The maximum absolute atomic E-state index is 12.6. The minimum Gasteiger partial charge on any atom is -0.481 e. The zero-order valence-corrected chi connectivity index (χ0v) is 13.7. The van der Waals surface area contributed by atoms with Crippen LogP contribution in [0, 0.1) is 11.3 Å². The number of likely N-dealkylation sites (tertiary alicyclic amines) is 1. The molecule has 0 saturated carbocycles. The summed E-state index contributed by atoms with van der Waals surface area (Å²) < 4.78 is 1.74. The Bertz CT molecular complexity index is 873. The van der Waals surface area contributed by atoms with E-state index in [2.05, 4.69) is 0 Å². The normalized spacial score (nSPS) is 23.6. The minimum absolute atomic E-state index is 0.0810. The van der Waals surface area contributed by atoms with Crippen molar-refractivity contribution in [1.29, 1.82) is 0 Å². The van der Waals surface area contributed by atoms with Gasteiger partial charge >= 0.3 is 5.97 Å². The number of fused-ring (bicyclic) bond motifs is 1. The molecule has 1 fully saturated rings. The lowest BCUT2D eigenvalue weighted by Gasteiger charge is -2.22. The van der Waals surface area contributed by atoms with Gasteiger partial charge in [0, 0.05) is 30.7 Å². The molecular weight excluding hydrogens is 308 g/mol. The van der Waals surface area contributed by atoms with Gasteiger partial charge in [-0.05, 0) is 25.0 Å². The maximum atomic E-state index is 12.6. The molecule has 3 rings (SSSR count). The number of para-hydroxylation sites is 1. The molecule has 2 aromatic rings. The monoisotopic (exact) mass is 328 g/mol. The Morgan fingerprint density at radius 3 is 2.67 bits per heavy atom. The van der Waals surface area contributed by atoms with Crippen molar-refractivity contribution in [3.63, 3.8) is 0 Å². The van der Waals surface area contributed by atoms with Gasteiger partial charge in [0.25, 0.3) is 0 Å². The molecular formula is C18H20N2O4. The third-order valence-corrected chi connectivity index (χ3v) is 5.13. The number of hydrogen-bond donors (Lipinski definition) is 1. The van der Waals surface area contributed by atoms with Gasteiger partial charge in [-0.15, -0.1) is 0 Å². The Balaban J connectivity index is 1.86. The van der Waals surface area contributed by atoms with Crippen molar-refractivity contribution in [2.45, 2.75) is 20.4 Å². The van der Waals surface area contributed by atoms with Crippen LogP contribution in [-0.2, 0) is 16.1 Å². The zero-order valence-electron chi connectivity index (χ0n) is 13.7. The van der Waals surface area contributed by atoms with E-state index < -0.39 is 11.4 Å². The largest absolute Gasteiger partial charge is 0.481 e. The van der Waals surface area contributed by atoms with Crippen molar-refractivity contribution >= 4 is 22.8 Å². The predicted octanol–water partition coefficient (Wildman–Crippen LogP) is 1.57. The number of carboxylic acids is 1. The molecule has 126 valence electrons. The second kappa shape index (κ2) is 5.78. The van der Waals surface area contributed by atoms with Crippen LogP contribution in [0.4, 0.5) is 0 Å². The Hall–Kier alpha value is -2.63. The van der Waals surface area contributed by atoms with Crippen LogP contribution >= 0.6 is 0 Å². The van der Waals surface area contributed by atoms with E-state index in [0.717, 1.165) is 0 Å². The van der Waals surface area contributed by atoms with Crippen molar-refractivity contribution in [2.75, 3.05) is 13.1 Å². The van der Waals surface area contributed by atoms with E-state index in [4.69, 9.17) is 0 Å². The smallest absolute Gasteiger partial charge is 0.311 e. The van der Waals surface area contributed by atoms with Crippen LogP contribution in [0.2, 0.25) is 0 Å². The summed E-state index contributed by atoms with van der Waals surface area (Å²) in [5.74, 6) is -1.12. The topological polar surface area (TPSA) is 79.6 Å². The highest BCUT2D eigenvalue weighted by Crippen LogP contribution is 2.35. The molecule has 2 atom stereocenters. The van der Waals surface area contributed by atoms with E-state index in [0.29, 0.717) is 17.4 Å². The van der Waals surface area contributed by atoms with Crippen LogP contribution in [0.15, 0.2) is 41.3 Å². The highest BCUT2D eigenvalue weighted by molar-refractivity contribution is 5.83. The number of carbonyl (C=O) groups is 2. The molecule has 0 spiro atoms. The fourth-order valence-electron chi connectivity index (χ4n) is 3.26. The van der Waals surface area contributed by atoms with Crippen LogP contribution in [0.3, 0.4) is 0 Å². The second-order valence-electron chi connectivity index (χ2n) is 6.72. The third kappa shape index (κ3) is 2.58. The number of carbonyl (C=O) groups excluding carboxylic acids is 1. The summed E-state index contributed by atoms with van der Waals surface area (Å²) in [7, 11) is 0. The summed E-state index contributed by atoms with van der Waals surface area (Å²) in [6.07, 6.45) is 1.61. The standard InChI is InChI=1S/C18H20N2O4/c1-12-9-20(11-18(12,2)17(23)24)16(22)10-19-8-7-15(21)13-5-3-4-6-14(13)19/h3-8,12H,9-11H2,1-2H3,(H,23,24)/t12-,18-/m1/s1. The number of rotatable bonds is 3. The van der Waals surface area contributed by atoms with Crippen molar-refractivity contribution < 1.29 is 14.7 Å². The Morgan fingerprint density at radius 2 is 2.00 bits per heavy atom. The number of amides is 1. The first-order valence-corrected chi connectivity index (χ1v) is 7.92. The molecule has 1 aromatic heterocycles. The zero-order chi connectivity index (χ0) is 17.5. The first kappa shape index (κ1) is 16.2. The summed E-state index contributed by atoms with van der Waals surface area (Å²) >= 11 is 0. The molecule has 1 saturated heterocycles. The predicted molar refractivity (Wildman–Crippen MR) is 89.7 cm³/mol. The number of benzene rings is 1. The number of nitrogens with zero attached hydrogens (tertiary/aromatic N) is 2. The van der Waals surface area contributed by atoms with Crippen LogP contribution in [0.1, 0.15) is 13.8 Å². The van der Waals surface area contributed by atoms with E-state index in [1.54, 1.807) is 40.8 Å². The first-order valence-electron chi connectivity index (χ1n) is 7.92. The highest BCUT2D eigenvalue weighted by atomic mass is 16.4. The van der Waals surface area contributed by atoms with E-state index in [1.165, 1.54) is 6.07 Å². The van der Waals surface area contributed by atoms with Crippen molar-refractivity contribution in [2.24, 2.45) is 11.3 Å². The van der Waals surface area contributed by atoms with Crippen LogP contribution in [-0.4, -0.2) is 39.5 Å². The summed E-state index contributed by atoms with van der Waals surface area (Å²) in [6, 6.07) is 8.60. The van der Waals surface area contributed by atoms with E-state index in [1.807, 2.05) is 13.0 Å². The van der Waals surface area contributed by atoms with E-state index in [-0.39, 0.29) is 30.3 Å². The Morgan fingerprint density at radius 1 is 1.29 bits per heavy atom. The van der Waals surface area contributed by atoms with Gasteiger partial charge in [-0.1, -0.05) is 19.1 Å². The molecule has 0 unspecified atom stereocenters. The lowest BCUT2D eigenvalue weighted by molar-refractivity contribution is -0.149. The van der Waals surface area contributed by atoms with Gasteiger partial charge in [0.2, 0.25) is 5.91 Å². The molecule has 1 aliphatic heterocycles.